The Bertz CT molecular complexity index is 510. The van der Waals surface area contributed by atoms with Gasteiger partial charge < -0.3 is 20.7 Å². The van der Waals surface area contributed by atoms with E-state index in [1.54, 1.807) is 17.0 Å². The van der Waals surface area contributed by atoms with Gasteiger partial charge in [-0.3, -0.25) is 0 Å². The van der Waals surface area contributed by atoms with Crippen LogP contribution < -0.4 is 15.8 Å². The lowest BCUT2D eigenvalue weighted by Crippen LogP contribution is -2.45. The van der Waals surface area contributed by atoms with Gasteiger partial charge in [-0.15, -0.1) is 0 Å². The van der Waals surface area contributed by atoms with E-state index in [1.165, 1.54) is 0 Å². The average Bonchev–Trinajstić information content (AvgIpc) is 2.78. The van der Waals surface area contributed by atoms with E-state index >= 15 is 0 Å². The van der Waals surface area contributed by atoms with Crippen LogP contribution in [0.25, 0.3) is 0 Å². The fraction of sp³-hybridized carbons (Fsp3) is 0.533. The number of hydrogen-bond donors (Lipinski definition) is 2. The van der Waals surface area contributed by atoms with Crippen molar-refractivity contribution in [2.24, 2.45) is 5.73 Å². The van der Waals surface area contributed by atoms with Gasteiger partial charge in [-0.05, 0) is 32.4 Å². The summed E-state index contributed by atoms with van der Waals surface area (Å²) in [5, 5.41) is 3.54. The van der Waals surface area contributed by atoms with Crippen LogP contribution in [0.4, 0.5) is 4.79 Å². The number of urea groups is 1. The van der Waals surface area contributed by atoms with Crippen molar-refractivity contribution in [3.8, 4) is 5.75 Å². The Morgan fingerprint density at radius 1 is 1.57 bits per heavy atom. The topological polar surface area (TPSA) is 67.6 Å². The monoisotopic (exact) mass is 311 g/mol. The first-order chi connectivity index (χ1) is 10.0. The molecule has 5 nitrogen and oxygen atoms in total. The minimum atomic E-state index is -0.0900. The van der Waals surface area contributed by atoms with E-state index < -0.39 is 0 Å². The average molecular weight is 312 g/mol. The summed E-state index contributed by atoms with van der Waals surface area (Å²) in [5.74, 6) is 0.705. The molecule has 2 atom stereocenters. The summed E-state index contributed by atoms with van der Waals surface area (Å²) in [4.78, 5) is 14.0. The highest BCUT2D eigenvalue weighted by Gasteiger charge is 2.31. The van der Waals surface area contributed by atoms with Crippen molar-refractivity contribution in [2.45, 2.75) is 38.9 Å². The summed E-state index contributed by atoms with van der Waals surface area (Å²) in [6, 6.07) is 5.47. The summed E-state index contributed by atoms with van der Waals surface area (Å²) in [5.41, 5.74) is 6.85. The maximum absolute atomic E-state index is 12.2. The van der Waals surface area contributed by atoms with Gasteiger partial charge >= 0.3 is 6.03 Å². The van der Waals surface area contributed by atoms with Crippen LogP contribution in [-0.4, -0.2) is 36.2 Å². The van der Waals surface area contributed by atoms with Gasteiger partial charge in [0, 0.05) is 35.8 Å². The number of carbonyl (C=O) groups excluding carboxylic acids is 1. The quantitative estimate of drug-likeness (QED) is 0.897. The second-order valence-corrected chi connectivity index (χ2v) is 5.67. The number of halogens is 1. The lowest BCUT2D eigenvalue weighted by Gasteiger charge is -2.23. The molecule has 0 unspecified atom stereocenters. The number of nitrogens with zero attached hydrogens (tertiary/aromatic N) is 1. The number of benzene rings is 1. The fourth-order valence-electron chi connectivity index (χ4n) is 2.49. The van der Waals surface area contributed by atoms with E-state index in [1.807, 2.05) is 19.9 Å². The van der Waals surface area contributed by atoms with Crippen molar-refractivity contribution in [1.29, 1.82) is 0 Å². The minimum Gasteiger partial charge on any atom is -0.493 e. The Kier molecular flexibility index (Phi) is 5.31. The minimum absolute atomic E-state index is 0.0604. The molecule has 21 heavy (non-hydrogen) atoms. The standard InChI is InChI=1S/C15H22ClN3O2/c1-3-21-14-8-12(16)5-4-11(14)9-18-15(20)19-7-6-13(17)10(19)2/h4-5,8,10,13H,3,6-7,9,17H2,1-2H3,(H,18,20)/t10-,13-/m0/s1. The molecule has 1 aliphatic rings. The predicted molar refractivity (Wildman–Crippen MR) is 83.6 cm³/mol. The molecule has 0 aliphatic carbocycles. The lowest BCUT2D eigenvalue weighted by molar-refractivity contribution is 0.193. The molecule has 1 aromatic rings. The molecule has 6 heteroatoms. The van der Waals surface area contributed by atoms with E-state index in [4.69, 9.17) is 22.1 Å². The molecule has 0 spiro atoms. The SMILES string of the molecule is CCOc1cc(Cl)ccc1CNC(=O)N1CC[C@H](N)[C@@H]1C. The van der Waals surface area contributed by atoms with Crippen LogP contribution in [-0.2, 0) is 6.54 Å². The van der Waals surface area contributed by atoms with Crippen LogP contribution in [0.5, 0.6) is 5.75 Å². The third kappa shape index (κ3) is 3.80. The maximum atomic E-state index is 12.2. The maximum Gasteiger partial charge on any atom is 0.317 e. The Morgan fingerprint density at radius 2 is 2.33 bits per heavy atom. The molecule has 2 rings (SSSR count). The molecule has 0 bridgehead atoms. The number of ether oxygens (including phenoxy) is 1. The van der Waals surface area contributed by atoms with Crippen molar-refractivity contribution in [3.05, 3.63) is 28.8 Å². The first-order valence-corrected chi connectivity index (χ1v) is 7.62. The van der Waals surface area contributed by atoms with E-state index in [-0.39, 0.29) is 18.1 Å². The van der Waals surface area contributed by atoms with Crippen molar-refractivity contribution in [2.75, 3.05) is 13.2 Å². The zero-order valence-electron chi connectivity index (χ0n) is 12.4. The number of nitrogens with two attached hydrogens (primary N) is 1. The largest absolute Gasteiger partial charge is 0.493 e. The highest BCUT2D eigenvalue weighted by Crippen LogP contribution is 2.23. The van der Waals surface area contributed by atoms with E-state index in [2.05, 4.69) is 5.32 Å². The zero-order valence-corrected chi connectivity index (χ0v) is 13.2. The Morgan fingerprint density at radius 3 is 2.95 bits per heavy atom. The van der Waals surface area contributed by atoms with Crippen LogP contribution >= 0.6 is 11.6 Å². The summed E-state index contributed by atoms with van der Waals surface area (Å²) in [6.45, 7) is 5.55. The van der Waals surface area contributed by atoms with Gasteiger partial charge in [-0.2, -0.15) is 0 Å². The van der Waals surface area contributed by atoms with E-state index in [0.29, 0.717) is 30.5 Å². The molecule has 1 heterocycles. The van der Waals surface area contributed by atoms with Gasteiger partial charge in [0.2, 0.25) is 0 Å². The molecule has 0 aromatic heterocycles. The summed E-state index contributed by atoms with van der Waals surface area (Å²) < 4.78 is 5.54. The second kappa shape index (κ2) is 7.00. The number of amides is 2. The van der Waals surface area contributed by atoms with Crippen LogP contribution in [0.1, 0.15) is 25.8 Å². The summed E-state index contributed by atoms with van der Waals surface area (Å²) >= 11 is 5.96. The highest BCUT2D eigenvalue weighted by atomic mass is 35.5. The first-order valence-electron chi connectivity index (χ1n) is 7.24. The number of nitrogens with one attached hydrogen (secondary N) is 1. The normalized spacial score (nSPS) is 21.4. The van der Waals surface area contributed by atoms with Gasteiger partial charge in [-0.1, -0.05) is 17.7 Å². The number of likely N-dealkylation sites (tertiary alicyclic amines) is 1. The molecule has 0 radical (unpaired) electrons. The lowest BCUT2D eigenvalue weighted by atomic mass is 10.2. The number of carbonyl (C=O) groups is 1. The molecular weight excluding hydrogens is 290 g/mol. The Hall–Kier alpha value is -1.46. The van der Waals surface area contributed by atoms with Gasteiger partial charge in [0.25, 0.3) is 0 Å². The van der Waals surface area contributed by atoms with Crippen molar-refractivity contribution < 1.29 is 9.53 Å². The van der Waals surface area contributed by atoms with E-state index in [9.17, 15) is 4.79 Å². The molecule has 3 N–H and O–H groups in total. The molecule has 0 saturated carbocycles. The molecule has 1 aliphatic heterocycles. The Balaban J connectivity index is 1.98. The molecule has 2 amide bonds. The predicted octanol–water partition coefficient (Wildman–Crippen LogP) is 2.37. The zero-order chi connectivity index (χ0) is 15.4. The van der Waals surface area contributed by atoms with E-state index in [0.717, 1.165) is 12.0 Å². The second-order valence-electron chi connectivity index (χ2n) is 5.23. The highest BCUT2D eigenvalue weighted by molar-refractivity contribution is 6.30. The summed E-state index contributed by atoms with van der Waals surface area (Å²) in [6.07, 6.45) is 0.847. The molecule has 1 saturated heterocycles. The number of hydrogen-bond acceptors (Lipinski definition) is 3. The third-order valence-electron chi connectivity index (χ3n) is 3.83. The summed E-state index contributed by atoms with van der Waals surface area (Å²) in [7, 11) is 0. The molecule has 1 fully saturated rings. The van der Waals surface area contributed by atoms with Crippen LogP contribution in [0.2, 0.25) is 5.02 Å². The van der Waals surface area contributed by atoms with Gasteiger partial charge in [-0.25, -0.2) is 4.79 Å². The smallest absolute Gasteiger partial charge is 0.317 e. The first kappa shape index (κ1) is 15.9. The number of rotatable bonds is 4. The van der Waals surface area contributed by atoms with Gasteiger partial charge in [0.15, 0.2) is 0 Å². The molecule has 116 valence electrons. The van der Waals surface area contributed by atoms with Crippen LogP contribution in [0.15, 0.2) is 18.2 Å². The molecular formula is C15H22ClN3O2. The van der Waals surface area contributed by atoms with Crippen molar-refractivity contribution in [1.82, 2.24) is 10.2 Å². The van der Waals surface area contributed by atoms with Crippen LogP contribution in [0.3, 0.4) is 0 Å². The van der Waals surface area contributed by atoms with Crippen molar-refractivity contribution in [3.63, 3.8) is 0 Å². The van der Waals surface area contributed by atoms with Gasteiger partial charge in [0.1, 0.15) is 5.75 Å². The Labute approximate surface area is 130 Å². The van der Waals surface area contributed by atoms with Crippen LogP contribution in [0, 0.1) is 0 Å². The van der Waals surface area contributed by atoms with Gasteiger partial charge in [0.05, 0.1) is 6.61 Å². The fourth-order valence-corrected chi connectivity index (χ4v) is 2.65. The molecule has 1 aromatic carbocycles. The van der Waals surface area contributed by atoms with Crippen molar-refractivity contribution >= 4 is 17.6 Å². The third-order valence-corrected chi connectivity index (χ3v) is 4.07.